The van der Waals surface area contributed by atoms with Crippen molar-refractivity contribution < 1.29 is 19.8 Å². The first-order valence-corrected chi connectivity index (χ1v) is 11.8. The molecule has 0 radical (unpaired) electrons. The number of Topliss-reactive ketones (excluding diaryl/α,β-unsaturated/α-hetero) is 1. The number of ketones is 1. The molecule has 4 aliphatic carbocycles. The van der Waals surface area contributed by atoms with Gasteiger partial charge in [-0.3, -0.25) is 9.59 Å². The Labute approximate surface area is 175 Å². The lowest BCUT2D eigenvalue weighted by Gasteiger charge is -2.71. The number of aliphatic hydroxyl groups excluding tert-OH is 1. The van der Waals surface area contributed by atoms with Crippen LogP contribution in [0.25, 0.3) is 0 Å². The van der Waals surface area contributed by atoms with Gasteiger partial charge in [0, 0.05) is 11.8 Å². The van der Waals surface area contributed by atoms with Crippen molar-refractivity contribution in [2.45, 2.75) is 98.5 Å². The van der Waals surface area contributed by atoms with Crippen LogP contribution in [0, 0.1) is 45.3 Å². The number of carbonyl (C=O) groups is 2. The number of carboxylic acid groups (broad SMARTS) is 1. The Morgan fingerprint density at radius 2 is 1.55 bits per heavy atom. The Hall–Kier alpha value is -0.900. The van der Waals surface area contributed by atoms with E-state index in [9.17, 15) is 19.8 Å². The van der Waals surface area contributed by atoms with Gasteiger partial charge in [0.15, 0.2) is 0 Å². The molecule has 2 N–H and O–H groups in total. The molecule has 0 aliphatic heterocycles. The molecule has 0 amide bonds. The maximum atomic E-state index is 13.3. The summed E-state index contributed by atoms with van der Waals surface area (Å²) in [6.45, 7) is 11.8. The van der Waals surface area contributed by atoms with Crippen molar-refractivity contribution in [3.63, 3.8) is 0 Å². The summed E-state index contributed by atoms with van der Waals surface area (Å²) < 4.78 is 0. The smallest absolute Gasteiger partial charge is 0.304 e. The fourth-order valence-corrected chi connectivity index (χ4v) is 9.15. The average molecular weight is 405 g/mol. The topological polar surface area (TPSA) is 74.6 Å². The maximum absolute atomic E-state index is 13.3. The fraction of sp³-hybridized carbons (Fsp3) is 0.920. The van der Waals surface area contributed by atoms with Crippen LogP contribution >= 0.6 is 0 Å². The first-order valence-electron chi connectivity index (χ1n) is 11.8. The number of aliphatic hydroxyl groups is 1. The highest BCUT2D eigenvalue weighted by Crippen LogP contribution is 2.73. The molecule has 0 aromatic heterocycles. The van der Waals surface area contributed by atoms with Crippen LogP contribution in [0.5, 0.6) is 0 Å². The summed E-state index contributed by atoms with van der Waals surface area (Å²) in [6.07, 6.45) is 7.68. The van der Waals surface area contributed by atoms with Gasteiger partial charge in [0.25, 0.3) is 0 Å². The van der Waals surface area contributed by atoms with E-state index in [2.05, 4.69) is 34.6 Å². The fourth-order valence-electron chi connectivity index (χ4n) is 9.15. The normalized spacial score (nSPS) is 51.5. The number of aliphatic carboxylic acids is 1. The Bertz CT molecular complexity index is 714. The zero-order chi connectivity index (χ0) is 21.4. The standard InChI is InChI=1S/C25H40O4/c1-22(2)17-9-13-25(5)18(23(17,3)11-10-19(22)26)7-6-16-21(29)15(14-20(27)28)8-12-24(16,25)4/h15-19,26H,6-14H2,1-5H3,(H,27,28)/t15-,16+,17-,18+,19-,23-,24+,25+/m0/s1. The van der Waals surface area contributed by atoms with Gasteiger partial charge in [-0.15, -0.1) is 0 Å². The third kappa shape index (κ3) is 2.73. The largest absolute Gasteiger partial charge is 0.481 e. The number of carbonyl (C=O) groups excluding carboxylic acids is 1. The summed E-state index contributed by atoms with van der Waals surface area (Å²) in [5.41, 5.74) is 0.241. The molecule has 0 heterocycles. The molecule has 4 nitrogen and oxygen atoms in total. The molecule has 0 aromatic rings. The molecule has 0 unspecified atom stereocenters. The lowest BCUT2D eigenvalue weighted by atomic mass is 9.34. The Morgan fingerprint density at radius 1 is 0.897 bits per heavy atom. The van der Waals surface area contributed by atoms with Crippen molar-refractivity contribution in [1.82, 2.24) is 0 Å². The predicted octanol–water partition coefficient (Wildman–Crippen LogP) is 5.08. The van der Waals surface area contributed by atoms with Crippen LogP contribution < -0.4 is 0 Å². The van der Waals surface area contributed by atoms with Crippen molar-refractivity contribution in [3.8, 4) is 0 Å². The van der Waals surface area contributed by atoms with Gasteiger partial charge in [0.1, 0.15) is 5.78 Å². The first kappa shape index (κ1) is 21.3. The predicted molar refractivity (Wildman–Crippen MR) is 112 cm³/mol. The van der Waals surface area contributed by atoms with E-state index in [4.69, 9.17) is 0 Å². The lowest BCUT2D eigenvalue weighted by Crippen LogP contribution is -2.66. The van der Waals surface area contributed by atoms with E-state index in [0.717, 1.165) is 51.4 Å². The Kier molecular flexibility index (Phi) is 4.82. The molecule has 0 spiro atoms. The van der Waals surface area contributed by atoms with Gasteiger partial charge in [-0.25, -0.2) is 0 Å². The number of carboxylic acids is 1. The SMILES string of the molecule is CC1(C)[C@@H](O)CC[C@]2(C)[C@H]3CC[C@@H]4C(=O)[C@H](CC(=O)O)CC[C@@]4(C)[C@]3(C)CC[C@@H]12. The van der Waals surface area contributed by atoms with E-state index >= 15 is 0 Å². The van der Waals surface area contributed by atoms with Crippen LogP contribution in [0.4, 0.5) is 0 Å². The van der Waals surface area contributed by atoms with E-state index in [1.165, 1.54) is 0 Å². The molecular formula is C25H40O4. The van der Waals surface area contributed by atoms with E-state index in [1.54, 1.807) is 0 Å². The molecule has 0 bridgehead atoms. The Morgan fingerprint density at radius 3 is 2.21 bits per heavy atom. The molecule has 4 fully saturated rings. The third-order valence-electron chi connectivity index (χ3n) is 11.0. The van der Waals surface area contributed by atoms with E-state index in [1.807, 2.05) is 0 Å². The van der Waals surface area contributed by atoms with Gasteiger partial charge in [0.05, 0.1) is 12.5 Å². The molecule has 0 saturated heterocycles. The summed E-state index contributed by atoms with van der Waals surface area (Å²) in [4.78, 5) is 24.6. The van der Waals surface area contributed by atoms with Gasteiger partial charge in [0.2, 0.25) is 0 Å². The van der Waals surface area contributed by atoms with Crippen LogP contribution in [0.1, 0.15) is 92.4 Å². The lowest BCUT2D eigenvalue weighted by molar-refractivity contribution is -0.229. The quantitative estimate of drug-likeness (QED) is 0.673. The summed E-state index contributed by atoms with van der Waals surface area (Å²) in [7, 11) is 0. The number of rotatable bonds is 2. The van der Waals surface area contributed by atoms with Crippen molar-refractivity contribution in [1.29, 1.82) is 0 Å². The summed E-state index contributed by atoms with van der Waals surface area (Å²) in [5, 5.41) is 20.0. The Balaban J connectivity index is 1.68. The minimum Gasteiger partial charge on any atom is -0.481 e. The third-order valence-corrected chi connectivity index (χ3v) is 11.0. The molecule has 4 rings (SSSR count). The van der Waals surface area contributed by atoms with Gasteiger partial charge in [-0.05, 0) is 84.9 Å². The van der Waals surface area contributed by atoms with Crippen LogP contribution in [0.2, 0.25) is 0 Å². The second-order valence-electron chi connectivity index (χ2n) is 12.2. The highest BCUT2D eigenvalue weighted by molar-refractivity contribution is 5.88. The minimum atomic E-state index is -0.845. The summed E-state index contributed by atoms with van der Waals surface area (Å²) in [5.74, 6) is 0.211. The first-order chi connectivity index (χ1) is 13.4. The summed E-state index contributed by atoms with van der Waals surface area (Å²) >= 11 is 0. The highest BCUT2D eigenvalue weighted by Gasteiger charge is 2.68. The number of fused-ring (bicyclic) bond motifs is 5. The molecule has 29 heavy (non-hydrogen) atoms. The second kappa shape index (κ2) is 6.55. The monoisotopic (exact) mass is 404 g/mol. The summed E-state index contributed by atoms with van der Waals surface area (Å²) in [6, 6.07) is 0. The zero-order valence-electron chi connectivity index (χ0n) is 19.0. The molecule has 8 atom stereocenters. The molecule has 4 aliphatic rings. The van der Waals surface area contributed by atoms with Crippen molar-refractivity contribution >= 4 is 11.8 Å². The van der Waals surface area contributed by atoms with Gasteiger partial charge < -0.3 is 10.2 Å². The molecule has 4 heteroatoms. The van der Waals surface area contributed by atoms with E-state index < -0.39 is 5.97 Å². The number of hydrogen-bond donors (Lipinski definition) is 2. The van der Waals surface area contributed by atoms with E-state index in [-0.39, 0.29) is 51.8 Å². The van der Waals surface area contributed by atoms with Crippen molar-refractivity contribution in [3.05, 3.63) is 0 Å². The molecule has 164 valence electrons. The molecule has 0 aromatic carbocycles. The highest BCUT2D eigenvalue weighted by atomic mass is 16.4. The minimum absolute atomic E-state index is 0.00256. The second-order valence-corrected chi connectivity index (χ2v) is 12.2. The van der Waals surface area contributed by atoms with Crippen LogP contribution in [0.3, 0.4) is 0 Å². The van der Waals surface area contributed by atoms with Crippen LogP contribution in [-0.2, 0) is 9.59 Å². The molecular weight excluding hydrogens is 364 g/mol. The number of hydrogen-bond acceptors (Lipinski definition) is 3. The van der Waals surface area contributed by atoms with Gasteiger partial charge >= 0.3 is 5.97 Å². The van der Waals surface area contributed by atoms with Gasteiger partial charge in [-0.2, -0.15) is 0 Å². The molecule has 4 saturated carbocycles. The van der Waals surface area contributed by atoms with Crippen molar-refractivity contribution in [2.24, 2.45) is 45.3 Å². The van der Waals surface area contributed by atoms with Gasteiger partial charge in [-0.1, -0.05) is 34.6 Å². The zero-order valence-corrected chi connectivity index (χ0v) is 19.0. The average Bonchev–Trinajstić information content (AvgIpc) is 2.62. The maximum Gasteiger partial charge on any atom is 0.304 e. The van der Waals surface area contributed by atoms with Crippen molar-refractivity contribution in [2.75, 3.05) is 0 Å². The van der Waals surface area contributed by atoms with Crippen LogP contribution in [0.15, 0.2) is 0 Å². The van der Waals surface area contributed by atoms with E-state index in [0.29, 0.717) is 11.8 Å². The van der Waals surface area contributed by atoms with Crippen LogP contribution in [-0.4, -0.2) is 28.1 Å².